The number of halogens is 1. The zero-order chi connectivity index (χ0) is 20.8. The van der Waals surface area contributed by atoms with Gasteiger partial charge in [0.15, 0.2) is 0 Å². The lowest BCUT2D eigenvalue weighted by molar-refractivity contribution is -0.126. The van der Waals surface area contributed by atoms with Gasteiger partial charge >= 0.3 is 0 Å². The molecule has 1 aliphatic heterocycles. The fraction of sp³-hybridized carbons (Fsp3) is 0.429. The van der Waals surface area contributed by atoms with Gasteiger partial charge in [-0.3, -0.25) is 9.69 Å². The van der Waals surface area contributed by atoms with Crippen molar-refractivity contribution in [2.75, 3.05) is 19.6 Å². The Hall–Kier alpha value is -2.52. The highest BCUT2D eigenvalue weighted by Crippen LogP contribution is 2.22. The number of nitrogens with zero attached hydrogens (tertiary/aromatic N) is 5. The van der Waals surface area contributed by atoms with E-state index in [1.807, 2.05) is 35.0 Å². The molecule has 9 heteroatoms. The van der Waals surface area contributed by atoms with Crippen molar-refractivity contribution in [1.29, 1.82) is 0 Å². The Balaban J connectivity index is 1.25. The lowest BCUT2D eigenvalue weighted by atomic mass is 9.97. The van der Waals surface area contributed by atoms with Gasteiger partial charge in [-0.1, -0.05) is 33.2 Å². The second kappa shape index (κ2) is 9.99. The Labute approximate surface area is 183 Å². The zero-order valence-corrected chi connectivity index (χ0v) is 18.3. The molecule has 1 saturated heterocycles. The molecular formula is C21H25BrN6O2. The molecule has 8 nitrogen and oxygen atoms in total. The summed E-state index contributed by atoms with van der Waals surface area (Å²) >= 11 is 3.46. The predicted molar refractivity (Wildman–Crippen MR) is 115 cm³/mol. The first kappa shape index (κ1) is 20.7. The normalized spacial score (nSPS) is 17.2. The van der Waals surface area contributed by atoms with Gasteiger partial charge < -0.3 is 14.4 Å². The van der Waals surface area contributed by atoms with Crippen molar-refractivity contribution in [3.05, 3.63) is 53.3 Å². The average molecular weight is 473 g/mol. The fourth-order valence-corrected chi connectivity index (χ4v) is 4.10. The van der Waals surface area contributed by atoms with Crippen molar-refractivity contribution < 1.29 is 9.32 Å². The molecule has 3 heterocycles. The second-order valence-corrected chi connectivity index (χ2v) is 8.46. The molecule has 0 aliphatic carbocycles. The zero-order valence-electron chi connectivity index (χ0n) is 16.7. The molecule has 3 aromatic rings. The van der Waals surface area contributed by atoms with Crippen LogP contribution in [-0.4, -0.2) is 50.1 Å². The smallest absolute Gasteiger partial charge is 0.241 e. The second-order valence-electron chi connectivity index (χ2n) is 7.54. The molecule has 1 amide bonds. The summed E-state index contributed by atoms with van der Waals surface area (Å²) in [4.78, 5) is 23.3. The summed E-state index contributed by atoms with van der Waals surface area (Å²) in [6.07, 6.45) is 8.27. The molecule has 0 radical (unpaired) electrons. The summed E-state index contributed by atoms with van der Waals surface area (Å²) in [6, 6.07) is 7.82. The predicted octanol–water partition coefficient (Wildman–Crippen LogP) is 3.11. The number of aromatic nitrogens is 4. The summed E-state index contributed by atoms with van der Waals surface area (Å²) < 4.78 is 8.43. The van der Waals surface area contributed by atoms with Crippen molar-refractivity contribution in [3.8, 4) is 11.4 Å². The van der Waals surface area contributed by atoms with Crippen LogP contribution in [0.1, 0.15) is 25.2 Å². The summed E-state index contributed by atoms with van der Waals surface area (Å²) in [5.74, 6) is 1.28. The van der Waals surface area contributed by atoms with Gasteiger partial charge in [-0.05, 0) is 37.9 Å². The molecular weight excluding hydrogens is 448 g/mol. The van der Waals surface area contributed by atoms with Crippen LogP contribution < -0.4 is 5.32 Å². The number of amides is 1. The van der Waals surface area contributed by atoms with Gasteiger partial charge in [0.25, 0.3) is 0 Å². The van der Waals surface area contributed by atoms with E-state index in [0.717, 1.165) is 42.4 Å². The van der Waals surface area contributed by atoms with Crippen LogP contribution in [0.25, 0.3) is 11.4 Å². The Kier molecular flexibility index (Phi) is 6.91. The highest BCUT2D eigenvalue weighted by molar-refractivity contribution is 9.10. The molecule has 0 saturated carbocycles. The van der Waals surface area contributed by atoms with Crippen molar-refractivity contribution in [1.82, 2.24) is 29.9 Å². The Bertz CT molecular complexity index is 958. The van der Waals surface area contributed by atoms with Gasteiger partial charge in [0.1, 0.15) is 0 Å². The Morgan fingerprint density at radius 2 is 2.30 bits per heavy atom. The molecule has 1 aliphatic rings. The fourth-order valence-electron chi connectivity index (χ4n) is 3.70. The third kappa shape index (κ3) is 5.54. The summed E-state index contributed by atoms with van der Waals surface area (Å²) in [6.45, 7) is 3.73. The molecule has 2 aromatic heterocycles. The average Bonchev–Trinajstić information content (AvgIpc) is 3.43. The highest BCUT2D eigenvalue weighted by atomic mass is 79.9. The van der Waals surface area contributed by atoms with Crippen molar-refractivity contribution in [2.24, 2.45) is 5.92 Å². The van der Waals surface area contributed by atoms with Gasteiger partial charge in [0.2, 0.25) is 17.6 Å². The molecule has 0 spiro atoms. The number of carbonyl (C=O) groups excluding carboxylic acids is 1. The monoisotopic (exact) mass is 472 g/mol. The standard InChI is InChI=1S/C21H25BrN6O2/c22-18-6-1-4-16(12-18)20-25-19(30-26-20)14-28-9-2-5-17(13-28)21(29)24-7-3-10-27-11-8-23-15-27/h1,4,6,8,11-12,15,17H,2-3,5,7,9-10,13-14H2,(H,24,29). The maximum Gasteiger partial charge on any atom is 0.241 e. The molecule has 1 aromatic carbocycles. The van der Waals surface area contributed by atoms with Gasteiger partial charge in [-0.2, -0.15) is 4.98 Å². The van der Waals surface area contributed by atoms with Gasteiger partial charge in [-0.25, -0.2) is 4.98 Å². The SMILES string of the molecule is O=C(NCCCn1ccnc1)C1CCCN(Cc2nc(-c3cccc(Br)c3)no2)C1. The number of piperidine rings is 1. The quantitative estimate of drug-likeness (QED) is 0.506. The van der Waals surface area contributed by atoms with E-state index in [9.17, 15) is 4.79 Å². The van der Waals surface area contributed by atoms with Gasteiger partial charge in [0.05, 0.1) is 18.8 Å². The number of carbonyl (C=O) groups is 1. The summed E-state index contributed by atoms with van der Waals surface area (Å²) in [5, 5.41) is 7.17. The number of rotatable bonds is 8. The number of nitrogens with one attached hydrogen (secondary N) is 1. The molecule has 1 atom stereocenters. The Morgan fingerprint density at radius 1 is 1.37 bits per heavy atom. The summed E-state index contributed by atoms with van der Waals surface area (Å²) in [7, 11) is 0. The van der Waals surface area contributed by atoms with E-state index in [4.69, 9.17) is 4.52 Å². The maximum absolute atomic E-state index is 12.6. The van der Waals surface area contributed by atoms with Crippen LogP contribution in [0.4, 0.5) is 0 Å². The van der Waals surface area contributed by atoms with Gasteiger partial charge in [-0.15, -0.1) is 0 Å². The minimum atomic E-state index is -0.000495. The molecule has 1 N–H and O–H groups in total. The molecule has 1 unspecified atom stereocenters. The first-order chi connectivity index (χ1) is 14.7. The first-order valence-electron chi connectivity index (χ1n) is 10.2. The van der Waals surface area contributed by atoms with Crippen LogP contribution in [-0.2, 0) is 17.9 Å². The highest BCUT2D eigenvalue weighted by Gasteiger charge is 2.26. The van der Waals surface area contributed by atoms with Crippen molar-refractivity contribution >= 4 is 21.8 Å². The van der Waals surface area contributed by atoms with E-state index in [1.165, 1.54) is 0 Å². The number of hydrogen-bond donors (Lipinski definition) is 1. The Morgan fingerprint density at radius 3 is 3.13 bits per heavy atom. The molecule has 4 rings (SSSR count). The minimum absolute atomic E-state index is 0.000495. The van der Waals surface area contributed by atoms with E-state index in [2.05, 4.69) is 41.3 Å². The number of imidazole rings is 1. The molecule has 1 fully saturated rings. The number of likely N-dealkylation sites (tertiary alicyclic amines) is 1. The van der Waals surface area contributed by atoms with Crippen LogP contribution in [0.15, 0.2) is 52.0 Å². The number of hydrogen-bond acceptors (Lipinski definition) is 6. The number of aryl methyl sites for hydroxylation is 1. The number of benzene rings is 1. The molecule has 0 bridgehead atoms. The molecule has 158 valence electrons. The lowest BCUT2D eigenvalue weighted by Gasteiger charge is -2.30. The van der Waals surface area contributed by atoms with E-state index < -0.39 is 0 Å². The van der Waals surface area contributed by atoms with E-state index in [1.54, 1.807) is 12.5 Å². The van der Waals surface area contributed by atoms with Crippen LogP contribution in [0.3, 0.4) is 0 Å². The maximum atomic E-state index is 12.6. The van der Waals surface area contributed by atoms with E-state index >= 15 is 0 Å². The summed E-state index contributed by atoms with van der Waals surface area (Å²) in [5.41, 5.74) is 0.908. The van der Waals surface area contributed by atoms with Crippen LogP contribution in [0, 0.1) is 5.92 Å². The van der Waals surface area contributed by atoms with Crippen molar-refractivity contribution in [3.63, 3.8) is 0 Å². The lowest BCUT2D eigenvalue weighted by Crippen LogP contribution is -2.43. The topological polar surface area (TPSA) is 89.1 Å². The van der Waals surface area contributed by atoms with Crippen molar-refractivity contribution in [2.45, 2.75) is 32.4 Å². The third-order valence-corrected chi connectivity index (χ3v) is 5.73. The third-order valence-electron chi connectivity index (χ3n) is 5.24. The van der Waals surface area contributed by atoms with E-state index in [0.29, 0.717) is 31.3 Å². The molecule has 30 heavy (non-hydrogen) atoms. The van der Waals surface area contributed by atoms with Gasteiger partial charge in [0, 0.05) is 42.1 Å². The first-order valence-corrected chi connectivity index (χ1v) is 11.0. The van der Waals surface area contributed by atoms with Crippen LogP contribution >= 0.6 is 15.9 Å². The van der Waals surface area contributed by atoms with E-state index in [-0.39, 0.29) is 11.8 Å². The van der Waals surface area contributed by atoms with Crippen LogP contribution in [0.2, 0.25) is 0 Å². The van der Waals surface area contributed by atoms with Crippen LogP contribution in [0.5, 0.6) is 0 Å². The minimum Gasteiger partial charge on any atom is -0.356 e. The largest absolute Gasteiger partial charge is 0.356 e.